The van der Waals surface area contributed by atoms with Crippen LogP contribution in [0.3, 0.4) is 0 Å². The van der Waals surface area contributed by atoms with Crippen LogP contribution in [0, 0.1) is 17.7 Å². The summed E-state index contributed by atoms with van der Waals surface area (Å²) in [5.41, 5.74) is 0.753. The Kier molecular flexibility index (Phi) is 5.08. The van der Waals surface area contributed by atoms with Gasteiger partial charge in [0, 0.05) is 37.7 Å². The summed E-state index contributed by atoms with van der Waals surface area (Å²) >= 11 is 0. The van der Waals surface area contributed by atoms with Crippen LogP contribution in [0.1, 0.15) is 37.0 Å². The number of carbonyl (C=O) groups is 2. The largest absolute Gasteiger partial charge is 0.465 e. The Morgan fingerprint density at radius 1 is 1.37 bits per heavy atom. The number of carbonyl (C=O) groups excluding carboxylic acids is 1. The number of nitrogens with zero attached hydrogens (tertiary/aromatic N) is 3. The predicted molar refractivity (Wildman–Crippen MR) is 105 cm³/mol. The van der Waals surface area contributed by atoms with Crippen molar-refractivity contribution in [3.63, 3.8) is 0 Å². The average molecular weight is 418 g/mol. The van der Waals surface area contributed by atoms with Crippen LogP contribution in [-0.4, -0.2) is 57.8 Å². The second-order valence-electron chi connectivity index (χ2n) is 8.04. The first-order valence-corrected chi connectivity index (χ1v) is 9.93. The zero-order chi connectivity index (χ0) is 21.6. The van der Waals surface area contributed by atoms with Crippen LogP contribution in [0.4, 0.5) is 14.9 Å². The number of halogens is 1. The molecule has 3 heterocycles. The highest BCUT2D eigenvalue weighted by Crippen LogP contribution is 2.38. The van der Waals surface area contributed by atoms with Crippen molar-refractivity contribution in [2.24, 2.45) is 11.8 Å². The molecule has 0 aliphatic carbocycles. The van der Waals surface area contributed by atoms with Crippen LogP contribution < -0.4 is 10.7 Å². The van der Waals surface area contributed by atoms with E-state index in [4.69, 9.17) is 4.42 Å². The number of likely N-dealkylation sites (tertiary alicyclic amines) is 1. The molecule has 9 nitrogen and oxygen atoms in total. The Labute approximate surface area is 171 Å². The Morgan fingerprint density at radius 2 is 2.13 bits per heavy atom. The molecule has 2 N–H and O–H groups in total. The van der Waals surface area contributed by atoms with Crippen LogP contribution in [0.15, 0.2) is 21.3 Å². The van der Waals surface area contributed by atoms with Crippen molar-refractivity contribution in [1.29, 1.82) is 0 Å². The molecular formula is C20H23FN4O5. The van der Waals surface area contributed by atoms with E-state index in [1.165, 1.54) is 4.90 Å². The van der Waals surface area contributed by atoms with Gasteiger partial charge in [0.05, 0.1) is 11.3 Å². The number of H-pyrrole nitrogens is 1. The lowest BCUT2D eigenvalue weighted by Crippen LogP contribution is -2.51. The molecule has 1 fully saturated rings. The van der Waals surface area contributed by atoms with E-state index in [1.807, 2.05) is 18.7 Å². The lowest BCUT2D eigenvalue weighted by Gasteiger charge is -2.45. The minimum absolute atomic E-state index is 0.0327. The van der Waals surface area contributed by atoms with E-state index in [2.05, 4.69) is 10.2 Å². The number of carboxylic acid groups (broad SMARTS) is 1. The van der Waals surface area contributed by atoms with Crippen molar-refractivity contribution in [3.05, 3.63) is 34.1 Å². The lowest BCUT2D eigenvalue weighted by atomic mass is 9.80. The molecule has 1 unspecified atom stereocenters. The van der Waals surface area contributed by atoms with Gasteiger partial charge in [-0.05, 0) is 37.3 Å². The number of nitrogens with one attached hydrogen (secondary N) is 1. The highest BCUT2D eigenvalue weighted by molar-refractivity contribution is 6.04. The van der Waals surface area contributed by atoms with Crippen molar-refractivity contribution >= 4 is 17.6 Å². The summed E-state index contributed by atoms with van der Waals surface area (Å²) in [6.07, 6.45) is -0.0350. The molecule has 2 aliphatic heterocycles. The smallest absolute Gasteiger partial charge is 0.434 e. The SMILES string of the molecule is CC([C@H]1CCN(C(=O)O)C[C@H]1C)N1CCC(=O)c2c(F)cc(-c3n[nH]c(=O)o3)cc21. The third-order valence-corrected chi connectivity index (χ3v) is 6.28. The van der Waals surface area contributed by atoms with Crippen molar-refractivity contribution < 1.29 is 23.5 Å². The van der Waals surface area contributed by atoms with Crippen LogP contribution in [-0.2, 0) is 0 Å². The first-order chi connectivity index (χ1) is 14.3. The van der Waals surface area contributed by atoms with Crippen LogP contribution in [0.2, 0.25) is 0 Å². The topological polar surface area (TPSA) is 120 Å². The number of anilines is 1. The zero-order valence-electron chi connectivity index (χ0n) is 16.7. The number of aromatic nitrogens is 2. The Morgan fingerprint density at radius 3 is 2.77 bits per heavy atom. The second-order valence-corrected chi connectivity index (χ2v) is 8.04. The Balaban J connectivity index is 1.69. The molecule has 0 radical (unpaired) electrons. The van der Waals surface area contributed by atoms with E-state index in [9.17, 15) is 23.9 Å². The number of aromatic amines is 1. The maximum absolute atomic E-state index is 14.9. The van der Waals surface area contributed by atoms with Gasteiger partial charge in [-0.2, -0.15) is 0 Å². The number of rotatable bonds is 3. The number of hydrogen-bond acceptors (Lipinski definition) is 6. The standard InChI is InChI=1S/C20H23FN4O5/c1-10-9-24(20(28)29)5-3-13(10)11(2)25-6-4-16(26)17-14(21)7-12(8-15(17)25)18-22-23-19(27)30-18/h7-8,10-11,13H,3-6,9H2,1-2H3,(H,23,27)(H,28,29)/t10-,11?,13+/m1/s1. The van der Waals surface area contributed by atoms with Crippen molar-refractivity contribution in [2.75, 3.05) is 24.5 Å². The highest BCUT2D eigenvalue weighted by Gasteiger charge is 2.37. The average Bonchev–Trinajstić information content (AvgIpc) is 3.13. The normalized spacial score (nSPS) is 22.7. The number of benzene rings is 1. The van der Waals surface area contributed by atoms with E-state index in [0.29, 0.717) is 31.7 Å². The van der Waals surface area contributed by atoms with Crippen molar-refractivity contribution in [2.45, 2.75) is 32.7 Å². The Hall–Kier alpha value is -3.17. The van der Waals surface area contributed by atoms with Crippen LogP contribution in [0.5, 0.6) is 0 Å². The molecule has 1 saturated heterocycles. The molecule has 0 bridgehead atoms. The molecule has 10 heteroatoms. The summed E-state index contributed by atoms with van der Waals surface area (Å²) < 4.78 is 19.8. The number of Topliss-reactive ketones (excluding diaryl/α,β-unsaturated/α-hetero) is 1. The first kappa shape index (κ1) is 20.1. The van der Waals surface area contributed by atoms with Crippen molar-refractivity contribution in [1.82, 2.24) is 15.1 Å². The van der Waals surface area contributed by atoms with Gasteiger partial charge in [0.1, 0.15) is 5.82 Å². The molecule has 4 rings (SSSR count). The minimum atomic E-state index is -0.922. The third-order valence-electron chi connectivity index (χ3n) is 6.28. The van der Waals surface area contributed by atoms with Gasteiger partial charge in [-0.25, -0.2) is 19.1 Å². The highest BCUT2D eigenvalue weighted by atomic mass is 19.1. The molecule has 3 atom stereocenters. The van der Waals surface area contributed by atoms with E-state index >= 15 is 0 Å². The molecule has 2 aromatic rings. The second kappa shape index (κ2) is 7.58. The molecule has 1 aromatic heterocycles. The molecule has 0 spiro atoms. The minimum Gasteiger partial charge on any atom is -0.465 e. The van der Waals surface area contributed by atoms with Crippen LogP contribution >= 0.6 is 0 Å². The summed E-state index contributed by atoms with van der Waals surface area (Å²) in [6, 6.07) is 2.74. The monoisotopic (exact) mass is 418 g/mol. The van der Waals surface area contributed by atoms with E-state index in [-0.39, 0.29) is 47.1 Å². The van der Waals surface area contributed by atoms with Gasteiger partial charge >= 0.3 is 11.8 Å². The van der Waals surface area contributed by atoms with E-state index in [0.717, 1.165) is 6.07 Å². The summed E-state index contributed by atoms with van der Waals surface area (Å²) in [5.74, 6) is -1.45. The summed E-state index contributed by atoms with van der Waals surface area (Å²) in [6.45, 7) is 5.36. The fraction of sp³-hybridized carbons (Fsp3) is 0.500. The zero-order valence-corrected chi connectivity index (χ0v) is 16.7. The van der Waals surface area contributed by atoms with Gasteiger partial charge in [0.2, 0.25) is 5.89 Å². The van der Waals surface area contributed by atoms with Gasteiger partial charge in [0.25, 0.3) is 0 Å². The number of ketones is 1. The van der Waals surface area contributed by atoms with Gasteiger partial charge in [0.15, 0.2) is 5.78 Å². The maximum atomic E-state index is 14.9. The van der Waals surface area contributed by atoms with E-state index in [1.54, 1.807) is 6.07 Å². The Bertz CT molecular complexity index is 1050. The fourth-order valence-electron chi connectivity index (χ4n) is 4.75. The van der Waals surface area contributed by atoms with Gasteiger partial charge in [-0.1, -0.05) is 6.92 Å². The molecule has 2 aliphatic rings. The van der Waals surface area contributed by atoms with Gasteiger partial charge in [-0.3, -0.25) is 4.79 Å². The van der Waals surface area contributed by atoms with Gasteiger partial charge < -0.3 is 19.3 Å². The van der Waals surface area contributed by atoms with E-state index < -0.39 is 17.7 Å². The summed E-state index contributed by atoms with van der Waals surface area (Å²) in [5, 5.41) is 15.2. The number of piperidine rings is 1. The quantitative estimate of drug-likeness (QED) is 0.786. The fourth-order valence-corrected chi connectivity index (χ4v) is 4.75. The summed E-state index contributed by atoms with van der Waals surface area (Å²) in [7, 11) is 0. The van der Waals surface area contributed by atoms with Gasteiger partial charge in [-0.15, -0.1) is 5.10 Å². The molecule has 0 saturated carbocycles. The summed E-state index contributed by atoms with van der Waals surface area (Å²) in [4.78, 5) is 38.4. The first-order valence-electron chi connectivity index (χ1n) is 9.93. The van der Waals surface area contributed by atoms with Crippen LogP contribution in [0.25, 0.3) is 11.5 Å². The molecule has 160 valence electrons. The molecule has 1 aromatic carbocycles. The number of amides is 1. The molecular weight excluding hydrogens is 395 g/mol. The number of fused-ring (bicyclic) bond motifs is 1. The third kappa shape index (κ3) is 3.46. The predicted octanol–water partition coefficient (Wildman–Crippen LogP) is 2.59. The van der Waals surface area contributed by atoms with Crippen molar-refractivity contribution in [3.8, 4) is 11.5 Å². The molecule has 1 amide bonds. The molecule has 30 heavy (non-hydrogen) atoms. The number of hydrogen-bond donors (Lipinski definition) is 2. The lowest BCUT2D eigenvalue weighted by molar-refractivity contribution is 0.0913. The maximum Gasteiger partial charge on any atom is 0.434 e.